The molecule has 0 radical (unpaired) electrons. The summed E-state index contributed by atoms with van der Waals surface area (Å²) in [6, 6.07) is 13.3. The van der Waals surface area contributed by atoms with Gasteiger partial charge in [0.15, 0.2) is 12.4 Å². The number of carbonyl (C=O) groups excluding carboxylic acids is 1. The lowest BCUT2D eigenvalue weighted by Crippen LogP contribution is -2.21. The molecule has 138 valence electrons. The fourth-order valence-electron chi connectivity index (χ4n) is 2.62. The van der Waals surface area contributed by atoms with Crippen molar-refractivity contribution in [3.05, 3.63) is 71.2 Å². The van der Waals surface area contributed by atoms with Gasteiger partial charge in [-0.1, -0.05) is 17.7 Å². The van der Waals surface area contributed by atoms with Crippen LogP contribution in [0.1, 0.15) is 16.8 Å². The van der Waals surface area contributed by atoms with Gasteiger partial charge in [-0.25, -0.2) is 9.37 Å². The predicted molar refractivity (Wildman–Crippen MR) is 102 cm³/mol. The molecule has 0 aliphatic rings. The molecular weight excluding hydrogens is 345 g/mol. The number of carbonyl (C=O) groups is 1. The number of aromatic nitrogens is 2. The highest BCUT2D eigenvalue weighted by Gasteiger charge is 2.10. The maximum Gasteiger partial charge on any atom is 0.262 e. The van der Waals surface area contributed by atoms with Crippen LogP contribution in [0, 0.1) is 26.6 Å². The summed E-state index contributed by atoms with van der Waals surface area (Å²) in [6.07, 6.45) is 0. The molecule has 0 aliphatic heterocycles. The van der Waals surface area contributed by atoms with E-state index in [1.54, 1.807) is 25.1 Å². The number of ether oxygens (including phenoxy) is 1. The molecule has 2 aromatic carbocycles. The van der Waals surface area contributed by atoms with Crippen molar-refractivity contribution >= 4 is 11.6 Å². The Labute approximate surface area is 157 Å². The third-order valence-corrected chi connectivity index (χ3v) is 3.94. The van der Waals surface area contributed by atoms with Crippen molar-refractivity contribution in [2.75, 3.05) is 11.9 Å². The molecule has 0 aliphatic carbocycles. The van der Waals surface area contributed by atoms with Gasteiger partial charge in [-0.2, -0.15) is 4.98 Å². The summed E-state index contributed by atoms with van der Waals surface area (Å²) in [5.41, 5.74) is 4.23. The van der Waals surface area contributed by atoms with Crippen LogP contribution in [0.5, 0.6) is 5.88 Å². The highest BCUT2D eigenvalue weighted by Crippen LogP contribution is 2.20. The Bertz CT molecular complexity index is 972. The molecule has 3 aromatic rings. The van der Waals surface area contributed by atoms with Crippen molar-refractivity contribution in [1.82, 2.24) is 9.97 Å². The third kappa shape index (κ3) is 4.88. The zero-order valence-corrected chi connectivity index (χ0v) is 15.4. The van der Waals surface area contributed by atoms with Crippen molar-refractivity contribution in [3.63, 3.8) is 0 Å². The van der Waals surface area contributed by atoms with Gasteiger partial charge in [-0.3, -0.25) is 4.79 Å². The number of rotatable bonds is 5. The second-order valence-electron chi connectivity index (χ2n) is 6.33. The predicted octanol–water partition coefficient (Wildman–Crippen LogP) is 4.23. The number of nitrogens with zero attached hydrogens (tertiary/aromatic N) is 2. The van der Waals surface area contributed by atoms with Crippen LogP contribution in [-0.2, 0) is 4.79 Å². The van der Waals surface area contributed by atoms with E-state index < -0.39 is 0 Å². The smallest absolute Gasteiger partial charge is 0.262 e. The standard InChI is InChI=1S/C21H20FN3O2/c1-13-4-9-18(14(2)10-13)24-19(26)12-27-20-11-15(3)23-21(25-20)16-5-7-17(22)8-6-16/h4-11H,12H2,1-3H3,(H,24,26). The Morgan fingerprint density at radius 1 is 1.04 bits per heavy atom. The van der Waals surface area contributed by atoms with Crippen LogP contribution in [0.2, 0.25) is 0 Å². The van der Waals surface area contributed by atoms with E-state index in [9.17, 15) is 9.18 Å². The van der Waals surface area contributed by atoms with E-state index in [4.69, 9.17) is 4.74 Å². The Morgan fingerprint density at radius 2 is 1.78 bits per heavy atom. The summed E-state index contributed by atoms with van der Waals surface area (Å²) < 4.78 is 18.6. The molecule has 5 nitrogen and oxygen atoms in total. The summed E-state index contributed by atoms with van der Waals surface area (Å²) in [4.78, 5) is 20.8. The highest BCUT2D eigenvalue weighted by molar-refractivity contribution is 5.92. The Hall–Kier alpha value is -3.28. The van der Waals surface area contributed by atoms with Crippen LogP contribution in [0.3, 0.4) is 0 Å². The Balaban J connectivity index is 1.68. The van der Waals surface area contributed by atoms with E-state index in [0.717, 1.165) is 16.8 Å². The van der Waals surface area contributed by atoms with Gasteiger partial charge in [0, 0.05) is 23.0 Å². The van der Waals surface area contributed by atoms with E-state index in [2.05, 4.69) is 15.3 Å². The lowest BCUT2D eigenvalue weighted by Gasteiger charge is -2.11. The monoisotopic (exact) mass is 365 g/mol. The van der Waals surface area contributed by atoms with Gasteiger partial charge >= 0.3 is 0 Å². The topological polar surface area (TPSA) is 64.1 Å². The van der Waals surface area contributed by atoms with Crippen molar-refractivity contribution in [1.29, 1.82) is 0 Å². The number of hydrogen-bond donors (Lipinski definition) is 1. The second-order valence-corrected chi connectivity index (χ2v) is 6.33. The van der Waals surface area contributed by atoms with Gasteiger partial charge in [0.25, 0.3) is 5.91 Å². The molecular formula is C21H20FN3O2. The lowest BCUT2D eigenvalue weighted by atomic mass is 10.1. The van der Waals surface area contributed by atoms with Crippen LogP contribution < -0.4 is 10.1 Å². The number of anilines is 1. The molecule has 6 heteroatoms. The number of amides is 1. The van der Waals surface area contributed by atoms with Crippen molar-refractivity contribution in [2.24, 2.45) is 0 Å². The van der Waals surface area contributed by atoms with E-state index in [1.165, 1.54) is 12.1 Å². The molecule has 1 heterocycles. The Kier molecular flexibility index (Phi) is 5.45. The quantitative estimate of drug-likeness (QED) is 0.735. The summed E-state index contributed by atoms with van der Waals surface area (Å²) in [6.45, 7) is 5.56. The SMILES string of the molecule is Cc1ccc(NC(=O)COc2cc(C)nc(-c3ccc(F)cc3)n2)c(C)c1. The first-order valence-corrected chi connectivity index (χ1v) is 8.52. The third-order valence-electron chi connectivity index (χ3n) is 3.94. The molecule has 1 amide bonds. The normalized spacial score (nSPS) is 10.5. The molecule has 0 spiro atoms. The van der Waals surface area contributed by atoms with Crippen molar-refractivity contribution < 1.29 is 13.9 Å². The van der Waals surface area contributed by atoms with E-state index in [-0.39, 0.29) is 24.2 Å². The molecule has 0 saturated carbocycles. The summed E-state index contributed by atoms with van der Waals surface area (Å²) in [5, 5.41) is 2.83. The van der Waals surface area contributed by atoms with Gasteiger partial charge in [0.05, 0.1) is 0 Å². The van der Waals surface area contributed by atoms with Crippen LogP contribution >= 0.6 is 0 Å². The molecule has 0 atom stereocenters. The van der Waals surface area contributed by atoms with Gasteiger partial charge in [-0.05, 0) is 56.7 Å². The molecule has 1 N–H and O–H groups in total. The van der Waals surface area contributed by atoms with Gasteiger partial charge in [-0.15, -0.1) is 0 Å². The summed E-state index contributed by atoms with van der Waals surface area (Å²) in [5.74, 6) is 0.102. The zero-order chi connectivity index (χ0) is 19.4. The first-order valence-electron chi connectivity index (χ1n) is 8.52. The van der Waals surface area contributed by atoms with Crippen LogP contribution in [0.25, 0.3) is 11.4 Å². The first-order chi connectivity index (χ1) is 12.9. The lowest BCUT2D eigenvalue weighted by molar-refractivity contribution is -0.118. The maximum absolute atomic E-state index is 13.1. The number of halogens is 1. The van der Waals surface area contributed by atoms with Gasteiger partial charge in [0.1, 0.15) is 5.82 Å². The molecule has 0 fully saturated rings. The number of nitrogens with one attached hydrogen (secondary N) is 1. The molecule has 0 bridgehead atoms. The number of aryl methyl sites for hydroxylation is 3. The van der Waals surface area contributed by atoms with Gasteiger partial charge < -0.3 is 10.1 Å². The van der Waals surface area contributed by atoms with E-state index in [1.807, 2.05) is 32.0 Å². The van der Waals surface area contributed by atoms with Crippen molar-refractivity contribution in [3.8, 4) is 17.3 Å². The molecule has 1 aromatic heterocycles. The number of hydrogen-bond acceptors (Lipinski definition) is 4. The van der Waals surface area contributed by atoms with Crippen molar-refractivity contribution in [2.45, 2.75) is 20.8 Å². The number of benzene rings is 2. The molecule has 27 heavy (non-hydrogen) atoms. The summed E-state index contributed by atoms with van der Waals surface area (Å²) >= 11 is 0. The minimum Gasteiger partial charge on any atom is -0.467 e. The molecule has 0 saturated heterocycles. The van der Waals surface area contributed by atoms with Crippen LogP contribution in [-0.4, -0.2) is 22.5 Å². The van der Waals surface area contributed by atoms with Crippen LogP contribution in [0.4, 0.5) is 10.1 Å². The average molecular weight is 365 g/mol. The highest BCUT2D eigenvalue weighted by atomic mass is 19.1. The van der Waals surface area contributed by atoms with E-state index in [0.29, 0.717) is 17.1 Å². The van der Waals surface area contributed by atoms with Gasteiger partial charge in [0.2, 0.25) is 5.88 Å². The summed E-state index contributed by atoms with van der Waals surface area (Å²) in [7, 11) is 0. The largest absolute Gasteiger partial charge is 0.467 e. The Morgan fingerprint density at radius 3 is 2.48 bits per heavy atom. The second kappa shape index (κ2) is 7.95. The minimum absolute atomic E-state index is 0.174. The fraction of sp³-hybridized carbons (Fsp3) is 0.190. The molecule has 3 rings (SSSR count). The minimum atomic E-state index is -0.328. The zero-order valence-electron chi connectivity index (χ0n) is 15.4. The molecule has 0 unspecified atom stereocenters. The maximum atomic E-state index is 13.1. The van der Waals surface area contributed by atoms with E-state index >= 15 is 0 Å². The average Bonchev–Trinajstić information content (AvgIpc) is 2.62. The fourth-order valence-corrected chi connectivity index (χ4v) is 2.62. The van der Waals surface area contributed by atoms with Crippen LogP contribution in [0.15, 0.2) is 48.5 Å². The first kappa shape index (κ1) is 18.5.